The zero-order chi connectivity index (χ0) is 25.9. The maximum absolute atomic E-state index is 3.83. The van der Waals surface area contributed by atoms with E-state index in [1.54, 1.807) is 0 Å². The lowest BCUT2D eigenvalue weighted by atomic mass is 9.16. The first-order valence-electron chi connectivity index (χ1n) is 13.2. The van der Waals surface area contributed by atoms with Crippen molar-refractivity contribution in [3.63, 3.8) is 0 Å². The van der Waals surface area contributed by atoms with Crippen molar-refractivity contribution >= 4 is 22.5 Å². The lowest BCUT2D eigenvalue weighted by Crippen LogP contribution is -2.66. The summed E-state index contributed by atoms with van der Waals surface area (Å²) in [5.41, 5.74) is 7.74. The summed E-state index contributed by atoms with van der Waals surface area (Å²) in [6, 6.07) is 27.0. The van der Waals surface area contributed by atoms with E-state index in [2.05, 4.69) is 140 Å². The van der Waals surface area contributed by atoms with Crippen LogP contribution in [0.1, 0.15) is 55.7 Å². The number of rotatable bonds is 7. The summed E-state index contributed by atoms with van der Waals surface area (Å²) < 4.78 is 1.00. The van der Waals surface area contributed by atoms with Gasteiger partial charge in [-0.05, 0) is 27.2 Å². The standard InChI is InChI=1S/C29H34B.C4H12N/c1-5-6-7-8-9-10-23-30(27-17-11-24(2)12-18-27,28-19-13-25(3)14-20-28)29-21-15-26(4)16-22-29;1-5(2,3)4/h11-22H,5-9H2,1-4H3;1-4H3/q-1;+1. The molecule has 0 fully saturated rings. The van der Waals surface area contributed by atoms with E-state index >= 15 is 0 Å². The second kappa shape index (κ2) is 13.4. The SMILES string of the molecule is CCCCCCC#C[B-](c1ccc(C)cc1)(c1ccc(C)cc1)c1ccc(C)cc1.C[N+](C)(C)C. The lowest BCUT2D eigenvalue weighted by molar-refractivity contribution is -0.849. The van der Waals surface area contributed by atoms with Crippen LogP contribution in [0.5, 0.6) is 0 Å². The minimum absolute atomic E-state index is 0.965. The molecule has 186 valence electrons. The summed E-state index contributed by atoms with van der Waals surface area (Å²) in [7, 11) is 8.50. The first-order chi connectivity index (χ1) is 16.6. The van der Waals surface area contributed by atoms with Gasteiger partial charge in [0.1, 0.15) is 6.15 Å². The Labute approximate surface area is 216 Å². The average molecular weight is 468 g/mol. The van der Waals surface area contributed by atoms with Crippen LogP contribution in [0.3, 0.4) is 0 Å². The molecule has 0 heterocycles. The Bertz CT molecular complexity index is 959. The summed E-state index contributed by atoms with van der Waals surface area (Å²) in [5, 5.41) is 0. The quantitative estimate of drug-likeness (QED) is 0.175. The maximum Gasteiger partial charge on any atom is 0.149 e. The van der Waals surface area contributed by atoms with Crippen molar-refractivity contribution in [3.8, 4) is 11.7 Å². The molecule has 2 heteroatoms. The molecular weight excluding hydrogens is 421 g/mol. The largest absolute Gasteiger partial charge is 0.333 e. The van der Waals surface area contributed by atoms with E-state index in [-0.39, 0.29) is 0 Å². The highest BCUT2D eigenvalue weighted by atomic mass is 15.2. The molecule has 0 bridgehead atoms. The van der Waals surface area contributed by atoms with Crippen molar-refractivity contribution < 1.29 is 4.48 Å². The molecule has 0 amide bonds. The zero-order valence-corrected chi connectivity index (χ0v) is 23.5. The van der Waals surface area contributed by atoms with Crippen molar-refractivity contribution in [3.05, 3.63) is 89.5 Å². The minimum atomic E-state index is -1.34. The summed E-state index contributed by atoms with van der Waals surface area (Å²) >= 11 is 0. The first-order valence-corrected chi connectivity index (χ1v) is 13.2. The molecule has 35 heavy (non-hydrogen) atoms. The molecule has 0 aliphatic carbocycles. The Hall–Kier alpha value is -2.76. The minimum Gasteiger partial charge on any atom is -0.333 e. The van der Waals surface area contributed by atoms with E-state index in [0.29, 0.717) is 0 Å². The highest BCUT2D eigenvalue weighted by Gasteiger charge is 2.28. The van der Waals surface area contributed by atoms with Crippen molar-refractivity contribution in [2.75, 3.05) is 28.2 Å². The number of nitrogens with zero attached hydrogens (tertiary/aromatic N) is 1. The van der Waals surface area contributed by atoms with Gasteiger partial charge in [-0.15, -0.1) is 5.92 Å². The van der Waals surface area contributed by atoms with Gasteiger partial charge in [-0.1, -0.05) is 116 Å². The highest BCUT2D eigenvalue weighted by Crippen LogP contribution is 2.11. The molecule has 0 atom stereocenters. The van der Waals surface area contributed by atoms with Crippen LogP contribution in [-0.4, -0.2) is 38.8 Å². The number of unbranched alkanes of at least 4 members (excludes halogenated alkanes) is 4. The first kappa shape index (κ1) is 28.5. The molecule has 0 saturated carbocycles. The Balaban J connectivity index is 0.000000784. The van der Waals surface area contributed by atoms with Gasteiger partial charge in [-0.3, -0.25) is 5.82 Å². The maximum atomic E-state index is 3.83. The predicted molar refractivity (Wildman–Crippen MR) is 159 cm³/mol. The Morgan fingerprint density at radius 2 is 0.914 bits per heavy atom. The van der Waals surface area contributed by atoms with E-state index in [0.717, 1.165) is 10.9 Å². The predicted octanol–water partition coefficient (Wildman–Crippen LogP) is 5.92. The number of benzene rings is 3. The van der Waals surface area contributed by atoms with E-state index in [1.807, 2.05) is 0 Å². The number of hydrogen-bond donors (Lipinski definition) is 0. The van der Waals surface area contributed by atoms with E-state index in [4.69, 9.17) is 0 Å². The van der Waals surface area contributed by atoms with Crippen LogP contribution in [-0.2, 0) is 0 Å². The van der Waals surface area contributed by atoms with Gasteiger partial charge in [0.15, 0.2) is 0 Å². The van der Waals surface area contributed by atoms with Crippen molar-refractivity contribution in [1.29, 1.82) is 0 Å². The molecule has 0 aliphatic rings. The van der Waals surface area contributed by atoms with E-state index < -0.39 is 6.15 Å². The number of aryl methyl sites for hydroxylation is 3. The Morgan fingerprint density at radius 1 is 0.571 bits per heavy atom. The van der Waals surface area contributed by atoms with Crippen LogP contribution in [0, 0.1) is 32.5 Å². The van der Waals surface area contributed by atoms with Gasteiger partial charge in [0.05, 0.1) is 28.2 Å². The molecule has 3 aromatic rings. The fourth-order valence-corrected chi connectivity index (χ4v) is 4.26. The summed E-state index contributed by atoms with van der Waals surface area (Å²) in [6.45, 7) is 8.70. The van der Waals surface area contributed by atoms with Gasteiger partial charge >= 0.3 is 0 Å². The van der Waals surface area contributed by atoms with Gasteiger partial charge in [-0.2, -0.15) is 16.4 Å². The van der Waals surface area contributed by atoms with Crippen LogP contribution in [0.25, 0.3) is 0 Å². The van der Waals surface area contributed by atoms with Gasteiger partial charge in [-0.25, -0.2) is 0 Å². The fraction of sp³-hybridized carbons (Fsp3) is 0.394. The van der Waals surface area contributed by atoms with Crippen LogP contribution in [0.15, 0.2) is 72.8 Å². The van der Waals surface area contributed by atoms with Crippen LogP contribution >= 0.6 is 0 Å². The molecule has 0 N–H and O–H groups in total. The van der Waals surface area contributed by atoms with E-state index in [1.165, 1.54) is 58.8 Å². The van der Waals surface area contributed by atoms with Gasteiger partial charge in [0.2, 0.25) is 0 Å². The third-order valence-electron chi connectivity index (χ3n) is 6.21. The number of quaternary nitrogens is 1. The van der Waals surface area contributed by atoms with Crippen LogP contribution in [0.4, 0.5) is 0 Å². The molecular formula is C33H46BN. The molecule has 0 saturated heterocycles. The van der Waals surface area contributed by atoms with Crippen LogP contribution < -0.4 is 16.4 Å². The summed E-state index contributed by atoms with van der Waals surface area (Å²) in [4.78, 5) is 0. The third kappa shape index (κ3) is 9.08. The third-order valence-corrected chi connectivity index (χ3v) is 6.21. The molecule has 0 spiro atoms. The van der Waals surface area contributed by atoms with Crippen LogP contribution in [0.2, 0.25) is 0 Å². The lowest BCUT2D eigenvalue weighted by Gasteiger charge is -2.39. The van der Waals surface area contributed by atoms with Crippen molar-refractivity contribution in [2.24, 2.45) is 0 Å². The normalized spacial score (nSPS) is 11.2. The molecule has 0 unspecified atom stereocenters. The smallest absolute Gasteiger partial charge is 0.149 e. The molecule has 3 rings (SSSR count). The molecule has 0 aliphatic heterocycles. The average Bonchev–Trinajstić information content (AvgIpc) is 2.80. The molecule has 1 nitrogen and oxygen atoms in total. The highest BCUT2D eigenvalue weighted by molar-refractivity contribution is 7.16. The number of hydrogen-bond acceptors (Lipinski definition) is 0. The van der Waals surface area contributed by atoms with E-state index in [9.17, 15) is 0 Å². The van der Waals surface area contributed by atoms with Crippen molar-refractivity contribution in [1.82, 2.24) is 0 Å². The zero-order valence-electron chi connectivity index (χ0n) is 23.5. The Kier molecular flexibility index (Phi) is 10.9. The second-order valence-electron chi connectivity index (χ2n) is 11.4. The van der Waals surface area contributed by atoms with Gasteiger partial charge < -0.3 is 4.48 Å². The molecule has 0 radical (unpaired) electrons. The topological polar surface area (TPSA) is 0 Å². The fourth-order valence-electron chi connectivity index (χ4n) is 4.26. The second-order valence-corrected chi connectivity index (χ2v) is 11.4. The van der Waals surface area contributed by atoms with Crippen molar-refractivity contribution in [2.45, 2.75) is 59.8 Å². The van der Waals surface area contributed by atoms with Gasteiger partial charge in [0.25, 0.3) is 0 Å². The van der Waals surface area contributed by atoms with Gasteiger partial charge in [0, 0.05) is 6.42 Å². The summed E-state index contributed by atoms with van der Waals surface area (Å²) in [6.07, 6.45) is 4.63. The monoisotopic (exact) mass is 467 g/mol. The summed E-state index contributed by atoms with van der Waals surface area (Å²) in [5.74, 6) is 7.43. The molecule has 0 aromatic heterocycles. The molecule has 3 aromatic carbocycles. The Morgan fingerprint density at radius 3 is 1.23 bits per heavy atom.